The fourth-order valence-corrected chi connectivity index (χ4v) is 4.22. The van der Waals surface area contributed by atoms with Gasteiger partial charge >= 0.3 is 0 Å². The zero-order chi connectivity index (χ0) is 26.4. The Balaban J connectivity index is 1.36. The summed E-state index contributed by atoms with van der Waals surface area (Å²) in [6.07, 6.45) is -0.537. The van der Waals surface area contributed by atoms with E-state index in [0.29, 0.717) is 24.7 Å². The van der Waals surface area contributed by atoms with Crippen LogP contribution < -0.4 is 10.1 Å². The molecule has 0 aliphatic carbocycles. The van der Waals surface area contributed by atoms with Crippen LogP contribution >= 0.6 is 0 Å². The van der Waals surface area contributed by atoms with Crippen LogP contribution in [-0.4, -0.2) is 59.8 Å². The van der Waals surface area contributed by atoms with Crippen molar-refractivity contribution in [2.24, 2.45) is 0 Å². The van der Waals surface area contributed by atoms with Gasteiger partial charge in [-0.15, -0.1) is 0 Å². The maximum Gasteiger partial charge on any atom is 0.255 e. The number of ether oxygens (including phenoxy) is 2. The Morgan fingerprint density at radius 1 is 1.21 bits per heavy atom. The molecule has 8 nitrogen and oxygen atoms in total. The Hall–Kier alpha value is -3.30. The van der Waals surface area contributed by atoms with Gasteiger partial charge in [0.1, 0.15) is 24.2 Å². The quantitative estimate of drug-likeness (QED) is 0.650. The zero-order valence-electron chi connectivity index (χ0n) is 21.4. The van der Waals surface area contributed by atoms with Crippen LogP contribution in [0.4, 0.5) is 4.39 Å². The Morgan fingerprint density at radius 2 is 2.03 bits per heavy atom. The van der Waals surface area contributed by atoms with Gasteiger partial charge in [-0.1, -0.05) is 18.2 Å². The van der Waals surface area contributed by atoms with Crippen LogP contribution in [0, 0.1) is 5.82 Å². The fourth-order valence-electron chi connectivity index (χ4n) is 4.22. The molecule has 0 aromatic heterocycles. The summed E-state index contributed by atoms with van der Waals surface area (Å²) >= 11 is 0. The van der Waals surface area contributed by atoms with E-state index in [4.69, 9.17) is 13.6 Å². The molecule has 1 N–H and O–H groups in total. The van der Waals surface area contributed by atoms with Crippen molar-refractivity contribution in [3.05, 3.63) is 64.5 Å². The largest absolute Gasteiger partial charge is 0.488 e. The van der Waals surface area contributed by atoms with E-state index < -0.39 is 36.1 Å². The maximum atomic E-state index is 14.9. The molecule has 9 heteroatoms. The number of imide groups is 1. The van der Waals surface area contributed by atoms with Crippen LogP contribution in [0.5, 0.6) is 5.75 Å². The molecule has 2 aromatic carbocycles. The molecule has 178 valence electrons. The number of amides is 3. The van der Waals surface area contributed by atoms with Gasteiger partial charge in [-0.2, -0.15) is 0 Å². The van der Waals surface area contributed by atoms with Crippen LogP contribution in [0.25, 0.3) is 0 Å². The van der Waals surface area contributed by atoms with Gasteiger partial charge in [-0.25, -0.2) is 4.39 Å². The van der Waals surface area contributed by atoms with E-state index in [0.717, 1.165) is 18.7 Å². The van der Waals surface area contributed by atoms with Crippen molar-refractivity contribution < 1.29 is 32.4 Å². The van der Waals surface area contributed by atoms with Crippen molar-refractivity contribution in [3.63, 3.8) is 0 Å². The number of rotatable bonds is 6. The van der Waals surface area contributed by atoms with Gasteiger partial charge in [0.2, 0.25) is 11.8 Å². The monoisotopic (exact) mass is 470 g/mol. The normalized spacial score (nSPS) is 25.9. The van der Waals surface area contributed by atoms with Gasteiger partial charge in [-0.3, -0.25) is 24.6 Å². The van der Waals surface area contributed by atoms with Gasteiger partial charge in [0.25, 0.3) is 5.91 Å². The van der Waals surface area contributed by atoms with E-state index in [9.17, 15) is 18.8 Å². The Kier molecular flexibility index (Phi) is 5.33. The lowest BCUT2D eigenvalue weighted by Crippen LogP contribution is -2.52. The lowest BCUT2D eigenvalue weighted by atomic mass is 10.0. The first-order valence-corrected chi connectivity index (χ1v) is 11.1. The second-order valence-corrected chi connectivity index (χ2v) is 8.36. The number of carbonyl (C=O) groups is 3. The molecule has 5 rings (SSSR count). The maximum absolute atomic E-state index is 14.9. The van der Waals surface area contributed by atoms with E-state index in [-0.39, 0.29) is 41.9 Å². The van der Waals surface area contributed by atoms with Crippen LogP contribution in [0.2, 0.25) is 0 Å². The minimum absolute atomic E-state index is 0.00559. The first-order valence-electron chi connectivity index (χ1n) is 12.6. The molecule has 0 bridgehead atoms. The molecule has 3 aliphatic rings. The minimum Gasteiger partial charge on any atom is -0.488 e. The molecule has 3 amide bonds. The SMILES string of the molecule is [2H]C1([2H])c2c(OCc3ccc(CN4CCOCC4)cc3F)cccc2C(=O)N1[C@]1([2H])CCC(=O)NC1=O. The van der Waals surface area contributed by atoms with Crippen LogP contribution in [0.3, 0.4) is 0 Å². The molecule has 0 spiro atoms. The van der Waals surface area contributed by atoms with Crippen molar-refractivity contribution in [3.8, 4) is 5.75 Å². The lowest BCUT2D eigenvalue weighted by Gasteiger charge is -2.29. The number of nitrogens with zero attached hydrogens (tertiary/aromatic N) is 2. The number of halogens is 1. The van der Waals surface area contributed by atoms with Crippen LogP contribution in [0.15, 0.2) is 36.4 Å². The third-order valence-electron chi connectivity index (χ3n) is 6.07. The summed E-state index contributed by atoms with van der Waals surface area (Å²) in [4.78, 5) is 40.0. The molecule has 2 aromatic rings. The minimum atomic E-state index is -2.58. The van der Waals surface area contributed by atoms with E-state index >= 15 is 0 Å². The summed E-state index contributed by atoms with van der Waals surface area (Å²) < 4.78 is 52.0. The summed E-state index contributed by atoms with van der Waals surface area (Å²) in [6.45, 7) is 0.650. The summed E-state index contributed by atoms with van der Waals surface area (Å²) in [6, 6.07) is 6.90. The molecule has 3 aliphatic heterocycles. The van der Waals surface area contributed by atoms with Crippen molar-refractivity contribution in [2.45, 2.75) is 38.5 Å². The van der Waals surface area contributed by atoms with Crippen LogP contribution in [-0.2, 0) is 34.0 Å². The highest BCUT2D eigenvalue weighted by molar-refractivity contribution is 6.05. The number of hydrogen-bond donors (Lipinski definition) is 1. The molecule has 0 unspecified atom stereocenters. The Bertz CT molecular complexity index is 1270. The highest BCUT2D eigenvalue weighted by Gasteiger charge is 2.40. The molecule has 34 heavy (non-hydrogen) atoms. The first-order chi connectivity index (χ1) is 17.6. The number of benzene rings is 2. The number of fused-ring (bicyclic) bond motifs is 1. The van der Waals surface area contributed by atoms with E-state index in [1.165, 1.54) is 24.3 Å². The van der Waals surface area contributed by atoms with Crippen molar-refractivity contribution >= 4 is 17.7 Å². The summed E-state index contributed by atoms with van der Waals surface area (Å²) in [5.41, 5.74) is 0.874. The third kappa shape index (κ3) is 4.53. The highest BCUT2D eigenvalue weighted by atomic mass is 19.1. The van der Waals surface area contributed by atoms with E-state index in [1.54, 1.807) is 6.07 Å². The second kappa shape index (κ2) is 9.52. The lowest BCUT2D eigenvalue weighted by molar-refractivity contribution is -0.136. The fraction of sp³-hybridized carbons (Fsp3) is 0.400. The molecular weight excluding hydrogens is 441 g/mol. The Labute approximate surface area is 200 Å². The summed E-state index contributed by atoms with van der Waals surface area (Å²) in [7, 11) is 0. The topological polar surface area (TPSA) is 88.2 Å². The summed E-state index contributed by atoms with van der Waals surface area (Å²) in [5.74, 6) is -2.96. The molecule has 3 heterocycles. The standard InChI is InChI=1S/C25H26FN3O5/c26-20-12-16(13-28-8-10-33-11-9-28)4-5-17(20)15-34-22-3-1-2-18-19(22)14-29(25(18)32)21-6-7-23(30)27-24(21)31/h1-5,12,21H,6-11,13-15H2,(H,27,30,31)/t21-/m1/s1/i14D2,21D. The molecule has 2 saturated heterocycles. The third-order valence-corrected chi connectivity index (χ3v) is 6.07. The van der Waals surface area contributed by atoms with Crippen molar-refractivity contribution in [1.29, 1.82) is 0 Å². The van der Waals surface area contributed by atoms with Crippen molar-refractivity contribution in [1.82, 2.24) is 15.1 Å². The number of morpholine rings is 1. The van der Waals surface area contributed by atoms with Crippen LogP contribution in [0.1, 0.15) is 44.0 Å². The van der Waals surface area contributed by atoms with E-state index in [1.807, 2.05) is 11.4 Å². The van der Waals surface area contributed by atoms with Crippen molar-refractivity contribution in [2.75, 3.05) is 26.3 Å². The van der Waals surface area contributed by atoms with Gasteiger partial charge in [-0.05, 0) is 30.2 Å². The van der Waals surface area contributed by atoms with Gasteiger partial charge in [0.05, 0.1) is 23.8 Å². The van der Waals surface area contributed by atoms with Gasteiger partial charge < -0.3 is 14.4 Å². The average molecular weight is 471 g/mol. The number of hydrogen-bond acceptors (Lipinski definition) is 6. The highest BCUT2D eigenvalue weighted by Crippen LogP contribution is 2.34. The number of piperidine rings is 1. The smallest absolute Gasteiger partial charge is 0.255 e. The van der Waals surface area contributed by atoms with Gasteiger partial charge in [0.15, 0.2) is 0 Å². The average Bonchev–Trinajstić information content (AvgIpc) is 3.08. The number of nitrogens with one attached hydrogen (secondary N) is 1. The molecular formula is C25H26FN3O5. The Morgan fingerprint density at radius 3 is 2.79 bits per heavy atom. The van der Waals surface area contributed by atoms with E-state index in [2.05, 4.69) is 4.90 Å². The zero-order valence-corrected chi connectivity index (χ0v) is 18.4. The molecule has 2 fully saturated rings. The molecule has 0 saturated carbocycles. The van der Waals surface area contributed by atoms with Gasteiger partial charge in [0, 0.05) is 42.7 Å². The summed E-state index contributed by atoms with van der Waals surface area (Å²) in [5, 5.41) is 2.02. The molecule has 0 radical (unpaired) electrons. The second-order valence-electron chi connectivity index (χ2n) is 8.36. The predicted octanol–water partition coefficient (Wildman–Crippen LogP) is 2.00. The predicted molar refractivity (Wildman–Crippen MR) is 119 cm³/mol. The first kappa shape index (κ1) is 19.1. The molecule has 1 atom stereocenters. The number of carbonyl (C=O) groups excluding carboxylic acids is 3.